The smallest absolute Gasteiger partial charge is 0.225 e. The molecule has 2 rings (SSSR count). The second-order valence-electron chi connectivity index (χ2n) is 6.70. The Balaban J connectivity index is 2.01. The maximum absolute atomic E-state index is 12.3. The average molecular weight is 390 g/mol. The van der Waals surface area contributed by atoms with Crippen molar-refractivity contribution in [2.75, 3.05) is 37.1 Å². The SMILES string of the molecule is CC(c1ccccc1)N(CCC(=O)Nc1ccc(N(C)C)cc1)S(C)(=O)=O. The molecular formula is C20H27N3O3S. The summed E-state index contributed by atoms with van der Waals surface area (Å²) in [6.45, 7) is 1.95. The Labute approximate surface area is 161 Å². The van der Waals surface area contributed by atoms with E-state index in [0.717, 1.165) is 11.3 Å². The van der Waals surface area contributed by atoms with Crippen molar-refractivity contribution in [3.63, 3.8) is 0 Å². The Morgan fingerprint density at radius 3 is 2.15 bits per heavy atom. The van der Waals surface area contributed by atoms with Gasteiger partial charge in [-0.15, -0.1) is 0 Å². The molecule has 0 spiro atoms. The van der Waals surface area contributed by atoms with Gasteiger partial charge in [0.25, 0.3) is 0 Å². The summed E-state index contributed by atoms with van der Waals surface area (Å²) < 4.78 is 25.8. The molecule has 0 bridgehead atoms. The molecule has 0 saturated carbocycles. The van der Waals surface area contributed by atoms with E-state index < -0.39 is 10.0 Å². The lowest BCUT2D eigenvalue weighted by Gasteiger charge is -2.27. The van der Waals surface area contributed by atoms with Crippen LogP contribution in [0.2, 0.25) is 0 Å². The highest BCUT2D eigenvalue weighted by Crippen LogP contribution is 2.23. The second-order valence-corrected chi connectivity index (χ2v) is 8.63. The molecule has 0 aliphatic carbocycles. The highest BCUT2D eigenvalue weighted by Gasteiger charge is 2.25. The molecule has 1 atom stereocenters. The summed E-state index contributed by atoms with van der Waals surface area (Å²) in [5.41, 5.74) is 2.61. The first-order valence-electron chi connectivity index (χ1n) is 8.77. The van der Waals surface area contributed by atoms with Crippen LogP contribution in [0.1, 0.15) is 24.9 Å². The Morgan fingerprint density at radius 1 is 1.04 bits per heavy atom. The van der Waals surface area contributed by atoms with Crippen molar-refractivity contribution in [1.29, 1.82) is 0 Å². The zero-order valence-electron chi connectivity index (χ0n) is 16.2. The molecule has 2 aromatic carbocycles. The van der Waals surface area contributed by atoms with Crippen LogP contribution in [-0.2, 0) is 14.8 Å². The maximum atomic E-state index is 12.3. The number of rotatable bonds is 8. The lowest BCUT2D eigenvalue weighted by atomic mass is 10.1. The zero-order chi connectivity index (χ0) is 20.0. The molecule has 0 radical (unpaired) electrons. The lowest BCUT2D eigenvalue weighted by Crippen LogP contribution is -2.35. The number of nitrogens with one attached hydrogen (secondary N) is 1. The third kappa shape index (κ3) is 6.08. The molecule has 0 aliphatic heterocycles. The van der Waals surface area contributed by atoms with Crippen LogP contribution >= 0.6 is 0 Å². The first kappa shape index (κ1) is 20.9. The third-order valence-electron chi connectivity index (χ3n) is 4.37. The number of carbonyl (C=O) groups is 1. The summed E-state index contributed by atoms with van der Waals surface area (Å²) in [6.07, 6.45) is 1.25. The number of benzene rings is 2. The predicted molar refractivity (Wildman–Crippen MR) is 110 cm³/mol. The van der Waals surface area contributed by atoms with Crippen LogP contribution in [0.5, 0.6) is 0 Å². The molecule has 0 aromatic heterocycles. The Hall–Kier alpha value is -2.38. The van der Waals surface area contributed by atoms with Crippen LogP contribution < -0.4 is 10.2 Å². The summed E-state index contributed by atoms with van der Waals surface area (Å²) in [4.78, 5) is 14.3. The number of amides is 1. The summed E-state index contributed by atoms with van der Waals surface area (Å²) >= 11 is 0. The van der Waals surface area contributed by atoms with Crippen molar-refractivity contribution in [1.82, 2.24) is 4.31 Å². The molecule has 146 valence electrons. The molecule has 6 nitrogen and oxygen atoms in total. The number of hydrogen-bond acceptors (Lipinski definition) is 4. The van der Waals surface area contributed by atoms with Crippen LogP contribution in [0.3, 0.4) is 0 Å². The van der Waals surface area contributed by atoms with Gasteiger partial charge in [0.05, 0.1) is 6.26 Å². The van der Waals surface area contributed by atoms with E-state index in [2.05, 4.69) is 5.32 Å². The lowest BCUT2D eigenvalue weighted by molar-refractivity contribution is -0.116. The van der Waals surface area contributed by atoms with E-state index in [1.165, 1.54) is 10.6 Å². The van der Waals surface area contributed by atoms with E-state index in [1.54, 1.807) is 0 Å². The third-order valence-corrected chi connectivity index (χ3v) is 5.72. The van der Waals surface area contributed by atoms with E-state index in [0.29, 0.717) is 5.69 Å². The van der Waals surface area contributed by atoms with Crippen molar-refractivity contribution >= 4 is 27.3 Å². The van der Waals surface area contributed by atoms with Gasteiger partial charge in [-0.2, -0.15) is 4.31 Å². The van der Waals surface area contributed by atoms with E-state index in [4.69, 9.17) is 0 Å². The largest absolute Gasteiger partial charge is 0.378 e. The molecule has 2 aromatic rings. The molecule has 0 heterocycles. The van der Waals surface area contributed by atoms with Crippen molar-refractivity contribution in [2.45, 2.75) is 19.4 Å². The van der Waals surface area contributed by atoms with Crippen molar-refractivity contribution < 1.29 is 13.2 Å². The van der Waals surface area contributed by atoms with Crippen molar-refractivity contribution in [3.05, 3.63) is 60.2 Å². The minimum Gasteiger partial charge on any atom is -0.378 e. The standard InChI is InChI=1S/C20H27N3O3S/c1-16(17-8-6-5-7-9-17)23(27(4,25)26)15-14-20(24)21-18-10-12-19(13-11-18)22(2)3/h5-13,16H,14-15H2,1-4H3,(H,21,24). The van der Waals surface area contributed by atoms with E-state index in [9.17, 15) is 13.2 Å². The molecular weight excluding hydrogens is 362 g/mol. The summed E-state index contributed by atoms with van der Waals surface area (Å²) in [7, 11) is 0.443. The second kappa shape index (κ2) is 9.01. The van der Waals surface area contributed by atoms with E-state index in [-0.39, 0.29) is 24.9 Å². The minimum atomic E-state index is -3.45. The first-order chi connectivity index (χ1) is 12.7. The van der Waals surface area contributed by atoms with Gasteiger partial charge in [-0.3, -0.25) is 4.79 Å². The van der Waals surface area contributed by atoms with Gasteiger partial charge in [0.15, 0.2) is 0 Å². The van der Waals surface area contributed by atoms with Crippen LogP contribution in [0.25, 0.3) is 0 Å². The average Bonchev–Trinajstić information content (AvgIpc) is 2.61. The van der Waals surface area contributed by atoms with Crippen LogP contribution in [-0.4, -0.2) is 45.5 Å². The number of nitrogens with zero attached hydrogens (tertiary/aromatic N) is 2. The Kier molecular flexibility index (Phi) is 6.98. The molecule has 1 amide bonds. The topological polar surface area (TPSA) is 69.7 Å². The monoisotopic (exact) mass is 389 g/mol. The normalized spacial score (nSPS) is 12.6. The predicted octanol–water partition coefficient (Wildman–Crippen LogP) is 3.10. The van der Waals surface area contributed by atoms with Crippen LogP contribution in [0, 0.1) is 0 Å². The van der Waals surface area contributed by atoms with Crippen molar-refractivity contribution in [2.24, 2.45) is 0 Å². The van der Waals surface area contributed by atoms with Gasteiger partial charge in [0.2, 0.25) is 15.9 Å². The molecule has 0 aliphatic rings. The molecule has 7 heteroatoms. The van der Waals surface area contributed by atoms with Gasteiger partial charge >= 0.3 is 0 Å². The summed E-state index contributed by atoms with van der Waals surface area (Å²) in [6, 6.07) is 16.5. The zero-order valence-corrected chi connectivity index (χ0v) is 17.0. The van der Waals surface area contributed by atoms with E-state index in [1.807, 2.05) is 80.5 Å². The molecule has 0 saturated heterocycles. The molecule has 1 unspecified atom stereocenters. The fraction of sp³-hybridized carbons (Fsp3) is 0.350. The van der Waals surface area contributed by atoms with Crippen LogP contribution in [0.15, 0.2) is 54.6 Å². The fourth-order valence-corrected chi connectivity index (χ4v) is 3.94. The fourth-order valence-electron chi connectivity index (χ4n) is 2.82. The van der Waals surface area contributed by atoms with Gasteiger partial charge in [-0.1, -0.05) is 30.3 Å². The Bertz CT molecular complexity index is 850. The highest BCUT2D eigenvalue weighted by atomic mass is 32.2. The van der Waals surface area contributed by atoms with Gasteiger partial charge in [-0.05, 0) is 36.8 Å². The van der Waals surface area contributed by atoms with Crippen LogP contribution in [0.4, 0.5) is 11.4 Å². The molecule has 1 N–H and O–H groups in total. The van der Waals surface area contributed by atoms with E-state index >= 15 is 0 Å². The first-order valence-corrected chi connectivity index (χ1v) is 10.6. The number of hydrogen-bond donors (Lipinski definition) is 1. The number of sulfonamides is 1. The Morgan fingerprint density at radius 2 is 1.63 bits per heavy atom. The van der Waals surface area contributed by atoms with Gasteiger partial charge < -0.3 is 10.2 Å². The summed E-state index contributed by atoms with van der Waals surface area (Å²) in [5, 5.41) is 2.81. The molecule has 27 heavy (non-hydrogen) atoms. The number of anilines is 2. The summed E-state index contributed by atoms with van der Waals surface area (Å²) in [5.74, 6) is -0.221. The van der Waals surface area contributed by atoms with Crippen molar-refractivity contribution in [3.8, 4) is 0 Å². The minimum absolute atomic E-state index is 0.0830. The number of carbonyl (C=O) groups excluding carboxylic acids is 1. The molecule has 0 fully saturated rings. The van der Waals surface area contributed by atoms with Gasteiger partial charge in [0.1, 0.15) is 0 Å². The maximum Gasteiger partial charge on any atom is 0.225 e. The highest BCUT2D eigenvalue weighted by molar-refractivity contribution is 7.88. The quantitative estimate of drug-likeness (QED) is 0.753. The van der Waals surface area contributed by atoms with Gasteiger partial charge in [0, 0.05) is 44.5 Å². The van der Waals surface area contributed by atoms with Gasteiger partial charge in [-0.25, -0.2) is 8.42 Å².